The van der Waals surface area contributed by atoms with Crippen LogP contribution in [0.15, 0.2) is 12.1 Å². The molecule has 7 heteroatoms. The highest BCUT2D eigenvalue weighted by Crippen LogP contribution is 2.41. The van der Waals surface area contributed by atoms with E-state index in [1.54, 1.807) is 19.1 Å². The van der Waals surface area contributed by atoms with Gasteiger partial charge in [0.2, 0.25) is 0 Å². The van der Waals surface area contributed by atoms with Crippen molar-refractivity contribution in [2.24, 2.45) is 0 Å². The van der Waals surface area contributed by atoms with Crippen molar-refractivity contribution in [1.29, 1.82) is 0 Å². The maximum absolute atomic E-state index is 11.1. The Morgan fingerprint density at radius 2 is 2.00 bits per heavy atom. The number of aryl methyl sites for hydroxylation is 1. The Balaban J connectivity index is 2.52. The molecule has 2 aromatic rings. The fourth-order valence-electron chi connectivity index (χ4n) is 1.96. The maximum Gasteiger partial charge on any atom is 0.347 e. The van der Waals surface area contributed by atoms with Crippen molar-refractivity contribution in [2.75, 3.05) is 13.2 Å². The minimum Gasteiger partial charge on any atom is -0.490 e. The summed E-state index contributed by atoms with van der Waals surface area (Å²) in [6.45, 7) is 6.34. The molecule has 0 aliphatic carbocycles. The zero-order chi connectivity index (χ0) is 16.3. The third kappa shape index (κ3) is 3.34. The molecule has 0 saturated carbocycles. The summed E-state index contributed by atoms with van der Waals surface area (Å²) in [6.07, 6.45) is 0. The third-order valence-electron chi connectivity index (χ3n) is 2.84. The molecule has 1 N–H and O–H groups in total. The van der Waals surface area contributed by atoms with Crippen molar-refractivity contribution in [2.45, 2.75) is 20.8 Å². The maximum atomic E-state index is 11.1. The Morgan fingerprint density at radius 1 is 1.32 bits per heavy atom. The minimum absolute atomic E-state index is 0.220. The molecule has 0 radical (unpaired) electrons. The van der Waals surface area contributed by atoms with Crippen LogP contribution in [0.1, 0.15) is 29.2 Å². The van der Waals surface area contributed by atoms with Crippen molar-refractivity contribution < 1.29 is 19.4 Å². The summed E-state index contributed by atoms with van der Waals surface area (Å²) in [7, 11) is 0. The molecule has 0 amide bonds. The van der Waals surface area contributed by atoms with Crippen LogP contribution < -0.4 is 9.47 Å². The van der Waals surface area contributed by atoms with Gasteiger partial charge in [0, 0.05) is 5.56 Å². The quantitative estimate of drug-likeness (QED) is 0.849. The molecule has 0 aliphatic rings. The van der Waals surface area contributed by atoms with E-state index >= 15 is 0 Å². The molecule has 118 valence electrons. The van der Waals surface area contributed by atoms with E-state index in [0.29, 0.717) is 46.0 Å². The molecule has 0 saturated heterocycles. The molecule has 1 aromatic carbocycles. The fourth-order valence-corrected chi connectivity index (χ4v) is 3.11. The SMILES string of the molecule is CCOc1cc(-c2nc(C)c(C(=O)O)s2)cc(Cl)c1OCC. The van der Waals surface area contributed by atoms with Crippen LogP contribution in [0.2, 0.25) is 5.02 Å². The number of nitrogens with zero attached hydrogens (tertiary/aromatic N) is 1. The highest BCUT2D eigenvalue weighted by Gasteiger charge is 2.18. The van der Waals surface area contributed by atoms with Crippen molar-refractivity contribution >= 4 is 28.9 Å². The van der Waals surface area contributed by atoms with E-state index in [2.05, 4.69) is 4.98 Å². The van der Waals surface area contributed by atoms with Crippen molar-refractivity contribution in [3.63, 3.8) is 0 Å². The Hall–Kier alpha value is -1.79. The number of rotatable bonds is 6. The summed E-state index contributed by atoms with van der Waals surface area (Å²) in [6, 6.07) is 3.48. The average Bonchev–Trinajstić information content (AvgIpc) is 2.85. The molecule has 22 heavy (non-hydrogen) atoms. The monoisotopic (exact) mass is 341 g/mol. The second-order valence-electron chi connectivity index (χ2n) is 4.39. The first-order chi connectivity index (χ1) is 10.5. The first kappa shape index (κ1) is 16.6. The lowest BCUT2D eigenvalue weighted by Gasteiger charge is -2.13. The van der Waals surface area contributed by atoms with Gasteiger partial charge in [-0.15, -0.1) is 11.3 Å². The summed E-state index contributed by atoms with van der Waals surface area (Å²) in [4.78, 5) is 15.7. The summed E-state index contributed by atoms with van der Waals surface area (Å²) >= 11 is 7.37. The number of halogens is 1. The Kier molecular flexibility index (Phi) is 5.26. The molecular formula is C15H16ClNO4S. The number of ether oxygens (including phenoxy) is 2. The molecule has 1 heterocycles. The van der Waals surface area contributed by atoms with Crippen LogP contribution in [0.25, 0.3) is 10.6 Å². The van der Waals surface area contributed by atoms with E-state index in [9.17, 15) is 4.79 Å². The molecule has 0 fully saturated rings. The van der Waals surface area contributed by atoms with Gasteiger partial charge in [0.05, 0.1) is 23.9 Å². The predicted molar refractivity (Wildman–Crippen MR) is 86.6 cm³/mol. The van der Waals surface area contributed by atoms with Crippen molar-refractivity contribution in [3.05, 3.63) is 27.7 Å². The zero-order valence-electron chi connectivity index (χ0n) is 12.5. The van der Waals surface area contributed by atoms with Crippen molar-refractivity contribution in [1.82, 2.24) is 4.98 Å². The minimum atomic E-state index is -0.983. The van der Waals surface area contributed by atoms with Crippen LogP contribution in [0.3, 0.4) is 0 Å². The predicted octanol–water partition coefficient (Wildman–Crippen LogP) is 4.27. The molecule has 0 unspecified atom stereocenters. The molecular weight excluding hydrogens is 326 g/mol. The van der Waals surface area contributed by atoms with E-state index in [0.717, 1.165) is 11.3 Å². The molecule has 0 spiro atoms. The topological polar surface area (TPSA) is 68.7 Å². The summed E-state index contributed by atoms with van der Waals surface area (Å²) in [5, 5.41) is 10.1. The number of carbonyl (C=O) groups is 1. The number of hydrogen-bond acceptors (Lipinski definition) is 5. The number of thiazole rings is 1. The van der Waals surface area contributed by atoms with Gasteiger partial charge in [0.15, 0.2) is 11.5 Å². The lowest BCUT2D eigenvalue weighted by atomic mass is 10.2. The summed E-state index contributed by atoms with van der Waals surface area (Å²) < 4.78 is 11.1. The van der Waals surface area contributed by atoms with Crippen LogP contribution in [0.4, 0.5) is 0 Å². The van der Waals surface area contributed by atoms with Crippen molar-refractivity contribution in [3.8, 4) is 22.1 Å². The smallest absolute Gasteiger partial charge is 0.347 e. The summed E-state index contributed by atoms with van der Waals surface area (Å²) in [5.41, 5.74) is 1.19. The van der Waals surface area contributed by atoms with E-state index in [4.69, 9.17) is 26.2 Å². The lowest BCUT2D eigenvalue weighted by Crippen LogP contribution is -1.99. The van der Waals surface area contributed by atoms with Gasteiger partial charge in [0.1, 0.15) is 9.88 Å². The van der Waals surface area contributed by atoms with E-state index in [-0.39, 0.29) is 4.88 Å². The second kappa shape index (κ2) is 6.98. The fraction of sp³-hybridized carbons (Fsp3) is 0.333. The van der Waals surface area contributed by atoms with Gasteiger partial charge >= 0.3 is 5.97 Å². The number of aromatic nitrogens is 1. The van der Waals surface area contributed by atoms with Gasteiger partial charge in [-0.2, -0.15) is 0 Å². The first-order valence-electron chi connectivity index (χ1n) is 6.78. The number of benzene rings is 1. The number of aromatic carboxylic acids is 1. The van der Waals surface area contributed by atoms with E-state index in [1.807, 2.05) is 13.8 Å². The van der Waals surface area contributed by atoms with Gasteiger partial charge in [-0.25, -0.2) is 9.78 Å². The van der Waals surface area contributed by atoms with Crippen LogP contribution in [0.5, 0.6) is 11.5 Å². The number of hydrogen-bond donors (Lipinski definition) is 1. The zero-order valence-corrected chi connectivity index (χ0v) is 14.0. The molecule has 0 aliphatic heterocycles. The van der Waals surface area contributed by atoms with Gasteiger partial charge in [0.25, 0.3) is 0 Å². The Morgan fingerprint density at radius 3 is 2.55 bits per heavy atom. The highest BCUT2D eigenvalue weighted by molar-refractivity contribution is 7.17. The largest absolute Gasteiger partial charge is 0.490 e. The number of carboxylic acids is 1. The van der Waals surface area contributed by atoms with Crippen LogP contribution in [-0.2, 0) is 0 Å². The highest BCUT2D eigenvalue weighted by atomic mass is 35.5. The molecule has 0 bridgehead atoms. The summed E-state index contributed by atoms with van der Waals surface area (Å²) in [5.74, 6) is 0.0291. The Labute approximate surface area is 137 Å². The molecule has 2 rings (SSSR count). The van der Waals surface area contributed by atoms with Gasteiger partial charge in [-0.05, 0) is 32.9 Å². The normalized spacial score (nSPS) is 10.5. The average molecular weight is 342 g/mol. The first-order valence-corrected chi connectivity index (χ1v) is 7.97. The lowest BCUT2D eigenvalue weighted by molar-refractivity contribution is 0.0701. The van der Waals surface area contributed by atoms with Gasteiger partial charge in [-0.3, -0.25) is 0 Å². The molecule has 1 aromatic heterocycles. The van der Waals surface area contributed by atoms with Crippen LogP contribution in [-0.4, -0.2) is 29.3 Å². The van der Waals surface area contributed by atoms with Crippen LogP contribution >= 0.6 is 22.9 Å². The standard InChI is InChI=1S/C15H16ClNO4S/c1-4-20-11-7-9(6-10(16)12(11)21-5-2)14-17-8(3)13(22-14)15(18)19/h6-7H,4-5H2,1-3H3,(H,18,19). The molecule has 0 atom stereocenters. The van der Waals surface area contributed by atoms with E-state index < -0.39 is 5.97 Å². The van der Waals surface area contributed by atoms with Gasteiger partial charge in [-0.1, -0.05) is 11.6 Å². The van der Waals surface area contributed by atoms with Crippen LogP contribution in [0, 0.1) is 6.92 Å². The molecule has 5 nitrogen and oxygen atoms in total. The number of carboxylic acid groups (broad SMARTS) is 1. The third-order valence-corrected chi connectivity index (χ3v) is 4.31. The second-order valence-corrected chi connectivity index (χ2v) is 5.80. The van der Waals surface area contributed by atoms with E-state index in [1.165, 1.54) is 0 Å². The van der Waals surface area contributed by atoms with Gasteiger partial charge < -0.3 is 14.6 Å². The Bertz CT molecular complexity index is 699.